The van der Waals surface area contributed by atoms with E-state index in [1.807, 2.05) is 0 Å². The van der Waals surface area contributed by atoms with Crippen LogP contribution in [0.15, 0.2) is 18.3 Å². The fourth-order valence-electron chi connectivity index (χ4n) is 3.15. The number of rotatable bonds is 9. The molecule has 2 heterocycles. The Balaban J connectivity index is 2.11. The Bertz CT molecular complexity index is 819. The maximum absolute atomic E-state index is 13.1. The lowest BCUT2D eigenvalue weighted by atomic mass is 9.94. The molecular weight excluding hydrogens is 416 g/mol. The normalized spacial score (nSPS) is 17.3. The third-order valence-electron chi connectivity index (χ3n) is 4.73. The van der Waals surface area contributed by atoms with Gasteiger partial charge >= 0.3 is 6.09 Å². The molecule has 0 radical (unpaired) electrons. The molecule has 31 heavy (non-hydrogen) atoms. The average Bonchev–Trinajstić information content (AvgIpc) is 2.87. The van der Waals surface area contributed by atoms with Gasteiger partial charge in [-0.15, -0.1) is 0 Å². The van der Waals surface area contributed by atoms with Crippen LogP contribution in [0, 0.1) is 0 Å². The minimum Gasteiger partial charge on any atom is -0.444 e. The number of hydrogen-bond acceptors (Lipinski definition) is 6. The first-order chi connectivity index (χ1) is 14.3. The second-order valence-corrected chi connectivity index (χ2v) is 15.5. The number of ether oxygens (including phenoxy) is 2. The highest BCUT2D eigenvalue weighted by molar-refractivity contribution is 6.76. The molecule has 0 fully saturated rings. The zero-order valence-corrected chi connectivity index (χ0v) is 20.2. The van der Waals surface area contributed by atoms with Gasteiger partial charge in [0.1, 0.15) is 24.2 Å². The van der Waals surface area contributed by atoms with E-state index >= 15 is 0 Å². The molecule has 1 aliphatic heterocycles. The molecule has 0 bridgehead atoms. The number of fused-ring (bicyclic) bond motifs is 1. The summed E-state index contributed by atoms with van der Waals surface area (Å²) in [5, 5.41) is 2.48. The van der Waals surface area contributed by atoms with Gasteiger partial charge in [-0.05, 0) is 39.3 Å². The second-order valence-electron chi connectivity index (χ2n) is 9.92. The Kier molecular flexibility index (Phi) is 7.82. The minimum absolute atomic E-state index is 0.0114. The zero-order valence-electron chi connectivity index (χ0n) is 19.2. The molecule has 1 aliphatic rings. The highest BCUT2D eigenvalue weighted by Gasteiger charge is 2.41. The van der Waals surface area contributed by atoms with E-state index in [9.17, 15) is 14.4 Å². The van der Waals surface area contributed by atoms with Crippen LogP contribution in [0.4, 0.5) is 10.6 Å². The highest BCUT2D eigenvalue weighted by atomic mass is 28.3. The summed E-state index contributed by atoms with van der Waals surface area (Å²) in [7, 11) is -1.25. The molecule has 3 N–H and O–H groups in total. The molecule has 1 aromatic rings. The van der Waals surface area contributed by atoms with E-state index in [2.05, 4.69) is 29.9 Å². The van der Waals surface area contributed by atoms with E-state index in [0.717, 1.165) is 6.04 Å². The number of carbonyl (C=O) groups is 3. The predicted octanol–water partition coefficient (Wildman–Crippen LogP) is 2.59. The van der Waals surface area contributed by atoms with Crippen molar-refractivity contribution in [2.45, 2.75) is 70.4 Å². The number of anilines is 1. The number of nitrogens with two attached hydrogens (primary N) is 1. The van der Waals surface area contributed by atoms with Crippen molar-refractivity contribution in [1.29, 1.82) is 0 Å². The quantitative estimate of drug-likeness (QED) is 0.440. The molecule has 2 atom stereocenters. The molecule has 3 amide bonds. The molecule has 0 spiro atoms. The zero-order chi connectivity index (χ0) is 23.4. The van der Waals surface area contributed by atoms with E-state index in [1.165, 1.54) is 4.90 Å². The minimum atomic E-state index is -1.25. The largest absolute Gasteiger partial charge is 0.444 e. The Labute approximate surface area is 184 Å². The lowest BCUT2D eigenvalue weighted by Gasteiger charge is -2.23. The first-order valence-electron chi connectivity index (χ1n) is 10.4. The Morgan fingerprint density at radius 1 is 1.32 bits per heavy atom. The van der Waals surface area contributed by atoms with Crippen LogP contribution >= 0.6 is 0 Å². The fourth-order valence-corrected chi connectivity index (χ4v) is 3.91. The number of primary amides is 1. The number of nitrogens with zero attached hydrogens (tertiary/aromatic N) is 2. The average molecular weight is 451 g/mol. The van der Waals surface area contributed by atoms with Crippen LogP contribution < -0.4 is 16.0 Å². The number of nitrogens with one attached hydrogen (secondary N) is 1. The maximum atomic E-state index is 13.1. The molecule has 0 saturated heterocycles. The van der Waals surface area contributed by atoms with E-state index in [0.29, 0.717) is 18.0 Å². The fraction of sp³-hybridized carbons (Fsp3) is 0.619. The van der Waals surface area contributed by atoms with E-state index in [-0.39, 0.29) is 19.1 Å². The first kappa shape index (κ1) is 24.8. The summed E-state index contributed by atoms with van der Waals surface area (Å²) >= 11 is 0. The summed E-state index contributed by atoms with van der Waals surface area (Å²) < 4.78 is 11.0. The molecule has 9 nitrogen and oxygen atoms in total. The molecule has 1 unspecified atom stereocenters. The Morgan fingerprint density at radius 3 is 2.58 bits per heavy atom. The Morgan fingerprint density at radius 2 is 2.00 bits per heavy atom. The van der Waals surface area contributed by atoms with Crippen molar-refractivity contribution in [3.05, 3.63) is 23.9 Å². The van der Waals surface area contributed by atoms with Crippen LogP contribution in [0.1, 0.15) is 38.7 Å². The van der Waals surface area contributed by atoms with Crippen LogP contribution in [-0.2, 0) is 19.1 Å². The summed E-state index contributed by atoms with van der Waals surface area (Å²) in [5.41, 5.74) is 5.45. The maximum Gasteiger partial charge on any atom is 0.408 e. The van der Waals surface area contributed by atoms with Gasteiger partial charge in [-0.1, -0.05) is 25.7 Å². The van der Waals surface area contributed by atoms with Crippen molar-refractivity contribution in [1.82, 2.24) is 10.3 Å². The van der Waals surface area contributed by atoms with Gasteiger partial charge in [-0.2, -0.15) is 0 Å². The van der Waals surface area contributed by atoms with Crippen LogP contribution in [0.25, 0.3) is 0 Å². The summed E-state index contributed by atoms with van der Waals surface area (Å²) in [4.78, 5) is 43.1. The summed E-state index contributed by atoms with van der Waals surface area (Å²) in [6.45, 7) is 12.6. The lowest BCUT2D eigenvalue weighted by Crippen LogP contribution is -2.47. The van der Waals surface area contributed by atoms with Crippen molar-refractivity contribution in [2.75, 3.05) is 18.2 Å². The van der Waals surface area contributed by atoms with Crippen LogP contribution in [-0.4, -0.2) is 55.9 Å². The SMILES string of the molecule is CC(C)(C)OC(=O)N[C@@H](CC1C(=O)N(COCC[Si](C)(C)C)c2ncccc21)C(N)=O. The number of amides is 3. The number of alkyl carbamates (subject to hydrolysis) is 1. The van der Waals surface area contributed by atoms with Gasteiger partial charge in [0.15, 0.2) is 0 Å². The van der Waals surface area contributed by atoms with Crippen molar-refractivity contribution < 1.29 is 23.9 Å². The van der Waals surface area contributed by atoms with Crippen molar-refractivity contribution >= 4 is 31.8 Å². The molecule has 0 aromatic carbocycles. The molecule has 172 valence electrons. The monoisotopic (exact) mass is 450 g/mol. The van der Waals surface area contributed by atoms with Gasteiger partial charge in [0, 0.05) is 26.4 Å². The second kappa shape index (κ2) is 9.78. The molecule has 1 aromatic heterocycles. The van der Waals surface area contributed by atoms with E-state index < -0.39 is 37.6 Å². The van der Waals surface area contributed by atoms with Crippen LogP contribution in [0.2, 0.25) is 25.7 Å². The first-order valence-corrected chi connectivity index (χ1v) is 14.1. The third-order valence-corrected chi connectivity index (χ3v) is 6.44. The van der Waals surface area contributed by atoms with Crippen LogP contribution in [0.5, 0.6) is 0 Å². The molecule has 2 rings (SSSR count). The molecule has 0 saturated carbocycles. The predicted molar refractivity (Wildman–Crippen MR) is 120 cm³/mol. The van der Waals surface area contributed by atoms with Crippen molar-refractivity contribution in [3.63, 3.8) is 0 Å². The summed E-state index contributed by atoms with van der Waals surface area (Å²) in [5.74, 6) is -1.14. The number of pyridine rings is 1. The van der Waals surface area contributed by atoms with Gasteiger partial charge in [0.25, 0.3) is 0 Å². The van der Waals surface area contributed by atoms with Gasteiger partial charge < -0.3 is 20.5 Å². The lowest BCUT2D eigenvalue weighted by molar-refractivity contribution is -0.122. The summed E-state index contributed by atoms with van der Waals surface area (Å²) in [6, 6.07) is 3.44. The standard InChI is InChI=1S/C21H34N4O5Si/c1-21(2,3)30-20(28)24-16(17(22)26)12-15-14-8-7-9-23-18(14)25(19(15)27)13-29-10-11-31(4,5)6/h7-9,15-16H,10-13H2,1-6H3,(H2,22,26)(H,24,28)/t15?,16-/m0/s1. The molecular formula is C21H34N4O5Si. The van der Waals surface area contributed by atoms with Crippen molar-refractivity contribution in [3.8, 4) is 0 Å². The third kappa shape index (κ3) is 7.32. The molecule has 0 aliphatic carbocycles. The van der Waals surface area contributed by atoms with E-state index in [4.69, 9.17) is 15.2 Å². The Hall–Kier alpha value is -2.46. The van der Waals surface area contributed by atoms with Crippen molar-refractivity contribution in [2.24, 2.45) is 5.73 Å². The number of carbonyl (C=O) groups excluding carboxylic acids is 3. The molecule has 10 heteroatoms. The topological polar surface area (TPSA) is 124 Å². The van der Waals surface area contributed by atoms with Crippen LogP contribution in [0.3, 0.4) is 0 Å². The smallest absolute Gasteiger partial charge is 0.408 e. The van der Waals surface area contributed by atoms with Gasteiger partial charge in [0.2, 0.25) is 11.8 Å². The number of hydrogen-bond donors (Lipinski definition) is 2. The van der Waals surface area contributed by atoms with E-state index in [1.54, 1.807) is 39.1 Å². The number of aromatic nitrogens is 1. The summed E-state index contributed by atoms with van der Waals surface area (Å²) in [6.07, 6.45) is 0.852. The van der Waals surface area contributed by atoms with Gasteiger partial charge in [-0.25, -0.2) is 9.78 Å². The highest BCUT2D eigenvalue weighted by Crippen LogP contribution is 2.38. The van der Waals surface area contributed by atoms with Gasteiger partial charge in [0.05, 0.1) is 5.92 Å². The van der Waals surface area contributed by atoms with Gasteiger partial charge in [-0.3, -0.25) is 14.5 Å².